The minimum Gasteiger partial charge on any atom is -0.210 e. The number of sulfonamides is 2. The summed E-state index contributed by atoms with van der Waals surface area (Å²) in [5.41, 5.74) is 0.467. The summed E-state index contributed by atoms with van der Waals surface area (Å²) in [5.74, 6) is 0.694. The van der Waals surface area contributed by atoms with Gasteiger partial charge in [0.1, 0.15) is 0 Å². The van der Waals surface area contributed by atoms with E-state index in [-0.39, 0.29) is 22.9 Å². The van der Waals surface area contributed by atoms with Gasteiger partial charge in [-0.2, -0.15) is 25.3 Å². The lowest BCUT2D eigenvalue weighted by Gasteiger charge is -2.11. The molecule has 2 N–H and O–H groups in total. The average molecular weight is 371 g/mol. The van der Waals surface area contributed by atoms with Crippen molar-refractivity contribution in [2.75, 3.05) is 24.6 Å². The topological polar surface area (TPSA) is 92.3 Å². The molecule has 0 aliphatic rings. The van der Waals surface area contributed by atoms with Gasteiger partial charge in [-0.25, -0.2) is 26.3 Å². The molecule has 0 radical (unpaired) electrons. The quantitative estimate of drug-likeness (QED) is 0.499. The molecule has 0 saturated carbocycles. The smallest absolute Gasteiger partial charge is 0.210 e. The van der Waals surface area contributed by atoms with Crippen LogP contribution in [0, 0.1) is 6.92 Å². The van der Waals surface area contributed by atoms with Crippen molar-refractivity contribution in [1.29, 1.82) is 0 Å². The Morgan fingerprint density at radius 1 is 0.952 bits per heavy atom. The molecule has 10 heteroatoms. The van der Waals surface area contributed by atoms with E-state index in [4.69, 9.17) is 0 Å². The zero-order valence-electron chi connectivity index (χ0n) is 11.4. The number of aryl methyl sites for hydroxylation is 1. The third-order valence-electron chi connectivity index (χ3n) is 2.57. The molecule has 0 unspecified atom stereocenters. The van der Waals surface area contributed by atoms with E-state index in [1.54, 1.807) is 6.92 Å². The Bertz CT molecular complexity index is 686. The summed E-state index contributed by atoms with van der Waals surface area (Å²) in [7, 11) is -7.51. The molecule has 0 aromatic heterocycles. The van der Waals surface area contributed by atoms with E-state index in [0.29, 0.717) is 17.1 Å². The molecule has 1 aromatic rings. The van der Waals surface area contributed by atoms with Gasteiger partial charge in [0, 0.05) is 24.6 Å². The van der Waals surface area contributed by atoms with Crippen molar-refractivity contribution in [2.24, 2.45) is 0 Å². The van der Waals surface area contributed by atoms with E-state index in [0.717, 1.165) is 6.07 Å². The first-order chi connectivity index (χ1) is 9.74. The van der Waals surface area contributed by atoms with Crippen LogP contribution in [0.25, 0.3) is 0 Å². The van der Waals surface area contributed by atoms with Gasteiger partial charge in [-0.15, -0.1) is 0 Å². The van der Waals surface area contributed by atoms with Gasteiger partial charge in [-0.1, -0.05) is 6.07 Å². The molecule has 1 rings (SSSR count). The van der Waals surface area contributed by atoms with Crippen molar-refractivity contribution in [3.05, 3.63) is 23.8 Å². The summed E-state index contributed by atoms with van der Waals surface area (Å²) in [6, 6.07) is 3.98. The lowest BCUT2D eigenvalue weighted by Crippen LogP contribution is -2.28. The van der Waals surface area contributed by atoms with E-state index in [2.05, 4.69) is 34.7 Å². The van der Waals surface area contributed by atoms with Crippen LogP contribution in [0.5, 0.6) is 0 Å². The lowest BCUT2D eigenvalue weighted by atomic mass is 10.2. The second kappa shape index (κ2) is 7.84. The molecule has 120 valence electrons. The molecule has 6 nitrogen and oxygen atoms in total. The van der Waals surface area contributed by atoms with Crippen molar-refractivity contribution in [2.45, 2.75) is 16.7 Å². The Morgan fingerprint density at radius 3 is 2.00 bits per heavy atom. The predicted molar refractivity (Wildman–Crippen MR) is 89.3 cm³/mol. The van der Waals surface area contributed by atoms with Gasteiger partial charge in [0.15, 0.2) is 0 Å². The SMILES string of the molecule is Cc1ccc(S(=O)(=O)NCCS)cc1S(=O)(=O)NCCS. The lowest BCUT2D eigenvalue weighted by molar-refractivity contribution is 0.581. The highest BCUT2D eigenvalue weighted by molar-refractivity contribution is 7.90. The summed E-state index contributed by atoms with van der Waals surface area (Å²) in [6.45, 7) is 1.94. The first kappa shape index (κ1) is 18.8. The van der Waals surface area contributed by atoms with Crippen LogP contribution in [0.4, 0.5) is 0 Å². The number of thiol groups is 2. The van der Waals surface area contributed by atoms with E-state index < -0.39 is 20.0 Å². The van der Waals surface area contributed by atoms with Crippen molar-refractivity contribution < 1.29 is 16.8 Å². The van der Waals surface area contributed by atoms with Crippen LogP contribution >= 0.6 is 25.3 Å². The molecule has 0 saturated heterocycles. The molecule has 0 fully saturated rings. The molecule has 0 heterocycles. The normalized spacial score (nSPS) is 12.5. The summed E-state index contributed by atoms with van der Waals surface area (Å²) < 4.78 is 53.0. The molecule has 0 aliphatic carbocycles. The third-order valence-corrected chi connectivity index (χ3v) is 6.08. The number of benzene rings is 1. The summed E-state index contributed by atoms with van der Waals surface area (Å²) in [4.78, 5) is -0.154. The Kier molecular flexibility index (Phi) is 7.01. The Hall–Kier alpha value is -0.260. The molecular weight excluding hydrogens is 352 g/mol. The fourth-order valence-corrected chi connectivity index (χ4v) is 4.52. The summed E-state index contributed by atoms with van der Waals surface area (Å²) in [6.07, 6.45) is 0. The highest BCUT2D eigenvalue weighted by atomic mass is 32.2. The van der Waals surface area contributed by atoms with Crippen LogP contribution in [-0.4, -0.2) is 41.4 Å². The van der Waals surface area contributed by atoms with E-state index in [1.165, 1.54) is 12.1 Å². The Morgan fingerprint density at radius 2 is 1.48 bits per heavy atom. The largest absolute Gasteiger partial charge is 0.240 e. The zero-order valence-corrected chi connectivity index (χ0v) is 14.8. The molecule has 0 atom stereocenters. The van der Waals surface area contributed by atoms with Crippen LogP contribution in [0.15, 0.2) is 28.0 Å². The van der Waals surface area contributed by atoms with Gasteiger partial charge in [-0.3, -0.25) is 0 Å². The van der Waals surface area contributed by atoms with Gasteiger partial charge in [-0.05, 0) is 24.6 Å². The minimum atomic E-state index is -3.76. The highest BCUT2D eigenvalue weighted by Gasteiger charge is 2.21. The minimum absolute atomic E-state index is 0.0574. The zero-order chi connectivity index (χ0) is 16.1. The molecule has 0 aliphatic heterocycles. The van der Waals surface area contributed by atoms with E-state index >= 15 is 0 Å². The van der Waals surface area contributed by atoms with Crippen LogP contribution in [-0.2, 0) is 20.0 Å². The number of nitrogens with one attached hydrogen (secondary N) is 2. The van der Waals surface area contributed by atoms with Crippen molar-refractivity contribution in [3.63, 3.8) is 0 Å². The Labute approximate surface area is 136 Å². The maximum absolute atomic E-state index is 12.1. The van der Waals surface area contributed by atoms with Gasteiger partial charge >= 0.3 is 0 Å². The second-order valence-electron chi connectivity index (χ2n) is 4.17. The standard InChI is InChI=1S/C11H18N2O4S4/c1-9-2-3-10(20(14,15)12-4-6-18)8-11(9)21(16,17)13-5-7-19/h2-3,8,12-13,18-19H,4-7H2,1H3. The van der Waals surface area contributed by atoms with Crippen LogP contribution in [0.1, 0.15) is 5.56 Å². The van der Waals surface area contributed by atoms with Gasteiger partial charge in [0.25, 0.3) is 0 Å². The van der Waals surface area contributed by atoms with Gasteiger partial charge in [0.2, 0.25) is 20.0 Å². The van der Waals surface area contributed by atoms with Crippen molar-refractivity contribution >= 4 is 45.3 Å². The third kappa shape index (κ3) is 5.15. The van der Waals surface area contributed by atoms with E-state index in [1.807, 2.05) is 0 Å². The summed E-state index contributed by atoms with van der Waals surface area (Å²) >= 11 is 7.86. The fraction of sp³-hybridized carbons (Fsp3) is 0.455. The molecular formula is C11H18N2O4S4. The van der Waals surface area contributed by atoms with Crippen LogP contribution in [0.3, 0.4) is 0 Å². The number of rotatable bonds is 8. The maximum atomic E-state index is 12.1. The maximum Gasteiger partial charge on any atom is 0.240 e. The van der Waals surface area contributed by atoms with Gasteiger partial charge < -0.3 is 0 Å². The second-order valence-corrected chi connectivity index (χ2v) is 8.57. The molecule has 0 bridgehead atoms. The molecule has 1 aromatic carbocycles. The predicted octanol–water partition coefficient (Wildman–Crippen LogP) is 0.411. The summed E-state index contributed by atoms with van der Waals surface area (Å²) in [5, 5.41) is 0. The van der Waals surface area contributed by atoms with E-state index in [9.17, 15) is 16.8 Å². The van der Waals surface area contributed by atoms with Crippen LogP contribution in [0.2, 0.25) is 0 Å². The van der Waals surface area contributed by atoms with Crippen molar-refractivity contribution in [3.8, 4) is 0 Å². The molecule has 0 amide bonds. The Balaban J connectivity index is 3.23. The van der Waals surface area contributed by atoms with Crippen LogP contribution < -0.4 is 9.44 Å². The highest BCUT2D eigenvalue weighted by Crippen LogP contribution is 2.20. The first-order valence-electron chi connectivity index (χ1n) is 6.06. The first-order valence-corrected chi connectivity index (χ1v) is 10.3. The number of hydrogen-bond donors (Lipinski definition) is 4. The fourth-order valence-electron chi connectivity index (χ4n) is 1.56. The molecule has 21 heavy (non-hydrogen) atoms. The van der Waals surface area contributed by atoms with Gasteiger partial charge in [0.05, 0.1) is 9.79 Å². The average Bonchev–Trinajstić information content (AvgIpc) is 2.43. The molecule has 0 spiro atoms. The van der Waals surface area contributed by atoms with Crippen molar-refractivity contribution in [1.82, 2.24) is 9.44 Å². The number of hydrogen-bond acceptors (Lipinski definition) is 6. The monoisotopic (exact) mass is 370 g/mol.